The number of methoxy groups -OCH3 is 2. The van der Waals surface area contributed by atoms with Gasteiger partial charge >= 0.3 is 0 Å². The molecule has 0 amide bonds. The van der Waals surface area contributed by atoms with Crippen molar-refractivity contribution in [2.75, 3.05) is 40.5 Å². The summed E-state index contributed by atoms with van der Waals surface area (Å²) >= 11 is 0. The molecule has 164 valence electrons. The summed E-state index contributed by atoms with van der Waals surface area (Å²) in [6, 6.07) is 12.3. The van der Waals surface area contributed by atoms with Crippen molar-refractivity contribution in [3.63, 3.8) is 0 Å². The summed E-state index contributed by atoms with van der Waals surface area (Å²) < 4.78 is 16.3. The Bertz CT molecular complexity index is 842. The molecule has 0 bridgehead atoms. The average molecular weight is 525 g/mol. The SMILES string of the molecule is CCNC(=NCCc1cc(OC)ccc1OC)NCCc1ccc2c(c1)CCO2.I. The van der Waals surface area contributed by atoms with E-state index in [0.29, 0.717) is 6.54 Å². The summed E-state index contributed by atoms with van der Waals surface area (Å²) in [5.74, 6) is 3.55. The van der Waals surface area contributed by atoms with Crippen molar-refractivity contribution in [2.45, 2.75) is 26.2 Å². The number of fused-ring (bicyclic) bond motifs is 1. The molecule has 0 radical (unpaired) electrons. The van der Waals surface area contributed by atoms with Gasteiger partial charge in [-0.2, -0.15) is 0 Å². The zero-order valence-electron chi connectivity index (χ0n) is 18.0. The van der Waals surface area contributed by atoms with Gasteiger partial charge < -0.3 is 24.8 Å². The van der Waals surface area contributed by atoms with Crippen LogP contribution in [0.3, 0.4) is 0 Å². The molecule has 0 fully saturated rings. The van der Waals surface area contributed by atoms with Gasteiger partial charge in [0, 0.05) is 26.1 Å². The Morgan fingerprint density at radius 3 is 2.70 bits per heavy atom. The zero-order valence-corrected chi connectivity index (χ0v) is 20.3. The normalized spacial score (nSPS) is 12.4. The van der Waals surface area contributed by atoms with E-state index in [4.69, 9.17) is 19.2 Å². The smallest absolute Gasteiger partial charge is 0.191 e. The summed E-state index contributed by atoms with van der Waals surface area (Å²) in [6.45, 7) is 5.18. The van der Waals surface area contributed by atoms with E-state index in [1.54, 1.807) is 14.2 Å². The molecule has 2 aromatic rings. The van der Waals surface area contributed by atoms with E-state index < -0.39 is 0 Å². The van der Waals surface area contributed by atoms with E-state index in [2.05, 4.69) is 35.8 Å². The monoisotopic (exact) mass is 525 g/mol. The summed E-state index contributed by atoms with van der Waals surface area (Å²) in [5, 5.41) is 6.74. The van der Waals surface area contributed by atoms with Crippen molar-refractivity contribution in [1.82, 2.24) is 10.6 Å². The lowest BCUT2D eigenvalue weighted by Gasteiger charge is -2.13. The van der Waals surface area contributed by atoms with Crippen LogP contribution in [0, 0.1) is 0 Å². The minimum atomic E-state index is 0. The zero-order chi connectivity index (χ0) is 20.5. The highest BCUT2D eigenvalue weighted by atomic mass is 127. The summed E-state index contributed by atoms with van der Waals surface area (Å²) in [4.78, 5) is 4.71. The summed E-state index contributed by atoms with van der Waals surface area (Å²) in [7, 11) is 3.36. The maximum absolute atomic E-state index is 5.58. The molecule has 6 nitrogen and oxygen atoms in total. The lowest BCUT2D eigenvalue weighted by atomic mass is 10.1. The van der Waals surface area contributed by atoms with Crippen LogP contribution in [0.5, 0.6) is 17.2 Å². The van der Waals surface area contributed by atoms with Crippen LogP contribution in [0.15, 0.2) is 41.4 Å². The standard InChI is InChI=1S/C23H31N3O3.HI/c1-4-24-23(25-12-9-17-5-7-22-19(15-17)11-14-29-22)26-13-10-18-16-20(27-2)6-8-21(18)28-3;/h5-8,15-16H,4,9-14H2,1-3H3,(H2,24,25,26);1H. The Hall–Kier alpha value is -2.16. The number of hydrogen-bond donors (Lipinski definition) is 2. The van der Waals surface area contributed by atoms with Crippen molar-refractivity contribution in [3.05, 3.63) is 53.1 Å². The van der Waals surface area contributed by atoms with E-state index in [0.717, 1.165) is 67.7 Å². The fourth-order valence-corrected chi connectivity index (χ4v) is 3.43. The predicted octanol–water partition coefficient (Wildman–Crippen LogP) is 3.60. The Labute approximate surface area is 196 Å². The van der Waals surface area contributed by atoms with Gasteiger partial charge in [0.05, 0.1) is 20.8 Å². The fraction of sp³-hybridized carbons (Fsp3) is 0.435. The average Bonchev–Trinajstić information content (AvgIpc) is 3.21. The maximum Gasteiger partial charge on any atom is 0.191 e. The van der Waals surface area contributed by atoms with Crippen LogP contribution in [0.1, 0.15) is 23.6 Å². The molecule has 0 saturated carbocycles. The molecule has 0 atom stereocenters. The second-order valence-corrected chi connectivity index (χ2v) is 6.91. The van der Waals surface area contributed by atoms with E-state index >= 15 is 0 Å². The Balaban J connectivity index is 0.00000320. The van der Waals surface area contributed by atoms with Gasteiger partial charge in [-0.15, -0.1) is 24.0 Å². The number of hydrogen-bond acceptors (Lipinski definition) is 4. The molecule has 0 unspecified atom stereocenters. The third kappa shape index (κ3) is 6.68. The van der Waals surface area contributed by atoms with Crippen LogP contribution >= 0.6 is 24.0 Å². The number of halogens is 1. The Morgan fingerprint density at radius 2 is 1.93 bits per heavy atom. The predicted molar refractivity (Wildman–Crippen MR) is 132 cm³/mol. The second-order valence-electron chi connectivity index (χ2n) is 6.91. The molecule has 0 aromatic heterocycles. The molecule has 0 spiro atoms. The first kappa shape index (κ1) is 24.1. The Morgan fingerprint density at radius 1 is 1.07 bits per heavy atom. The van der Waals surface area contributed by atoms with Gasteiger partial charge in [0.25, 0.3) is 0 Å². The number of rotatable bonds is 9. The summed E-state index contributed by atoms with van der Waals surface area (Å²) in [5.41, 5.74) is 3.72. The highest BCUT2D eigenvalue weighted by Gasteiger charge is 2.12. The Kier molecular flexibility index (Phi) is 10.1. The number of nitrogens with one attached hydrogen (secondary N) is 2. The quantitative estimate of drug-likeness (QED) is 0.298. The molecular weight excluding hydrogens is 493 g/mol. The van der Waals surface area contributed by atoms with Gasteiger partial charge in [-0.3, -0.25) is 4.99 Å². The van der Waals surface area contributed by atoms with Crippen molar-refractivity contribution in [3.8, 4) is 17.2 Å². The first-order valence-electron chi connectivity index (χ1n) is 10.2. The van der Waals surface area contributed by atoms with E-state index in [1.807, 2.05) is 18.2 Å². The summed E-state index contributed by atoms with van der Waals surface area (Å²) in [6.07, 6.45) is 2.73. The first-order valence-corrected chi connectivity index (χ1v) is 10.2. The van der Waals surface area contributed by atoms with Crippen LogP contribution < -0.4 is 24.8 Å². The minimum absolute atomic E-state index is 0. The first-order chi connectivity index (χ1) is 14.2. The van der Waals surface area contributed by atoms with Gasteiger partial charge in [0.2, 0.25) is 0 Å². The topological polar surface area (TPSA) is 64.1 Å². The van der Waals surface area contributed by atoms with Crippen molar-refractivity contribution in [1.29, 1.82) is 0 Å². The van der Waals surface area contributed by atoms with E-state index in [-0.39, 0.29) is 24.0 Å². The maximum atomic E-state index is 5.58. The number of benzene rings is 2. The van der Waals surface area contributed by atoms with Crippen molar-refractivity contribution < 1.29 is 14.2 Å². The fourth-order valence-electron chi connectivity index (χ4n) is 3.43. The number of guanidine groups is 1. The molecule has 0 saturated heterocycles. The van der Waals surface area contributed by atoms with Gasteiger partial charge in [-0.25, -0.2) is 0 Å². The second kappa shape index (κ2) is 12.5. The van der Waals surface area contributed by atoms with Crippen LogP contribution in [-0.4, -0.2) is 46.4 Å². The molecular formula is C23H32IN3O3. The van der Waals surface area contributed by atoms with E-state index in [9.17, 15) is 0 Å². The molecule has 7 heteroatoms. The van der Waals surface area contributed by atoms with Gasteiger partial charge in [0.15, 0.2) is 5.96 Å². The van der Waals surface area contributed by atoms with Crippen LogP contribution in [0.25, 0.3) is 0 Å². The van der Waals surface area contributed by atoms with E-state index in [1.165, 1.54) is 11.1 Å². The van der Waals surface area contributed by atoms with Crippen LogP contribution in [0.2, 0.25) is 0 Å². The molecule has 2 aromatic carbocycles. The minimum Gasteiger partial charge on any atom is -0.497 e. The lowest BCUT2D eigenvalue weighted by molar-refractivity contribution is 0.357. The molecule has 0 aliphatic carbocycles. The van der Waals surface area contributed by atoms with Crippen molar-refractivity contribution in [2.24, 2.45) is 4.99 Å². The lowest BCUT2D eigenvalue weighted by Crippen LogP contribution is -2.38. The molecule has 30 heavy (non-hydrogen) atoms. The largest absolute Gasteiger partial charge is 0.497 e. The highest BCUT2D eigenvalue weighted by Crippen LogP contribution is 2.26. The number of aliphatic imine (C=N–C) groups is 1. The van der Waals surface area contributed by atoms with Crippen LogP contribution in [0.4, 0.5) is 0 Å². The van der Waals surface area contributed by atoms with Crippen LogP contribution in [-0.2, 0) is 19.3 Å². The molecule has 3 rings (SSSR count). The van der Waals surface area contributed by atoms with Gasteiger partial charge in [-0.05, 0) is 60.7 Å². The molecule has 2 N–H and O–H groups in total. The third-order valence-electron chi connectivity index (χ3n) is 4.94. The molecule has 1 aliphatic heterocycles. The van der Waals surface area contributed by atoms with Gasteiger partial charge in [-0.1, -0.05) is 12.1 Å². The number of nitrogens with zero attached hydrogens (tertiary/aromatic N) is 1. The number of ether oxygens (including phenoxy) is 3. The van der Waals surface area contributed by atoms with Gasteiger partial charge in [0.1, 0.15) is 17.2 Å². The highest BCUT2D eigenvalue weighted by molar-refractivity contribution is 14.0. The van der Waals surface area contributed by atoms with Crippen molar-refractivity contribution >= 4 is 29.9 Å². The third-order valence-corrected chi connectivity index (χ3v) is 4.94. The molecule has 1 aliphatic rings. The molecule has 1 heterocycles.